The highest BCUT2D eigenvalue weighted by Gasteiger charge is 2.38. The first-order valence-electron chi connectivity index (χ1n) is 3.90. The molecule has 2 heterocycles. The molecule has 0 aliphatic carbocycles. The summed E-state index contributed by atoms with van der Waals surface area (Å²) in [6.45, 7) is 0. The van der Waals surface area contributed by atoms with Gasteiger partial charge in [0.05, 0.1) is 18.0 Å². The molecule has 1 amide bonds. The van der Waals surface area contributed by atoms with Crippen molar-refractivity contribution in [3.05, 3.63) is 11.8 Å². The number of rotatable bonds is 0. The Balaban J connectivity index is 2.32. The Hall–Kier alpha value is -1.83. The van der Waals surface area contributed by atoms with Crippen LogP contribution in [0.1, 0.15) is 0 Å². The maximum absolute atomic E-state index is 11.5. The van der Waals surface area contributed by atoms with Gasteiger partial charge in [-0.2, -0.15) is 5.26 Å². The van der Waals surface area contributed by atoms with E-state index < -0.39 is 0 Å². The monoisotopic (exact) mass is 176 g/mol. The smallest absolute Gasteiger partial charge is 0.252 e. The van der Waals surface area contributed by atoms with Crippen molar-refractivity contribution < 1.29 is 4.79 Å². The SMILES string of the molecule is CN1C=NC2C(C#N)=CNC2C1=O. The molecule has 0 aromatic carbocycles. The normalized spacial score (nSPS) is 30.6. The largest absolute Gasteiger partial charge is 0.377 e. The summed E-state index contributed by atoms with van der Waals surface area (Å²) in [5.41, 5.74) is 0.516. The van der Waals surface area contributed by atoms with E-state index in [1.165, 1.54) is 11.2 Å². The summed E-state index contributed by atoms with van der Waals surface area (Å²) in [5.74, 6) is -0.0542. The first kappa shape index (κ1) is 7.80. The highest BCUT2D eigenvalue weighted by Crippen LogP contribution is 2.20. The third kappa shape index (κ3) is 0.991. The van der Waals surface area contributed by atoms with E-state index in [0.717, 1.165) is 0 Å². The van der Waals surface area contributed by atoms with Crippen molar-refractivity contribution in [3.63, 3.8) is 0 Å². The van der Waals surface area contributed by atoms with Crippen LogP contribution in [0.25, 0.3) is 0 Å². The van der Waals surface area contributed by atoms with Crippen LogP contribution in [0.4, 0.5) is 0 Å². The number of carbonyl (C=O) groups excluding carboxylic acids is 1. The first-order valence-corrected chi connectivity index (χ1v) is 3.90. The standard InChI is InChI=1S/C8H8N4O/c1-12-4-11-6-5(2-9)3-10-7(6)8(12)13/h3-4,6-7,10H,1H3. The lowest BCUT2D eigenvalue weighted by atomic mass is 10.0. The molecule has 0 spiro atoms. The molecule has 0 saturated heterocycles. The average molecular weight is 176 g/mol. The zero-order valence-electron chi connectivity index (χ0n) is 7.06. The zero-order valence-corrected chi connectivity index (χ0v) is 7.06. The minimum absolute atomic E-state index is 0.0542. The van der Waals surface area contributed by atoms with Gasteiger partial charge in [-0.3, -0.25) is 9.79 Å². The van der Waals surface area contributed by atoms with Gasteiger partial charge in [0.1, 0.15) is 12.1 Å². The number of hydrogen-bond donors (Lipinski definition) is 1. The van der Waals surface area contributed by atoms with E-state index in [1.807, 2.05) is 6.07 Å². The fourth-order valence-corrected chi connectivity index (χ4v) is 1.45. The van der Waals surface area contributed by atoms with Gasteiger partial charge in [-0.05, 0) is 0 Å². The molecule has 0 bridgehead atoms. The highest BCUT2D eigenvalue weighted by molar-refractivity contribution is 5.95. The molecular formula is C8H8N4O. The molecule has 1 N–H and O–H groups in total. The van der Waals surface area contributed by atoms with Crippen molar-refractivity contribution in [2.24, 2.45) is 4.99 Å². The third-order valence-electron chi connectivity index (χ3n) is 2.20. The predicted molar refractivity (Wildman–Crippen MR) is 45.7 cm³/mol. The summed E-state index contributed by atoms with van der Waals surface area (Å²) in [6, 6.07) is 1.30. The zero-order chi connectivity index (χ0) is 9.42. The van der Waals surface area contributed by atoms with Crippen LogP contribution in [0, 0.1) is 11.3 Å². The number of hydrogen-bond acceptors (Lipinski definition) is 4. The van der Waals surface area contributed by atoms with E-state index in [9.17, 15) is 4.79 Å². The minimum Gasteiger partial charge on any atom is -0.377 e. The van der Waals surface area contributed by atoms with Gasteiger partial charge in [-0.15, -0.1) is 0 Å². The molecule has 2 atom stereocenters. The summed E-state index contributed by atoms with van der Waals surface area (Å²) < 4.78 is 0. The number of nitrogens with zero attached hydrogens (tertiary/aromatic N) is 3. The van der Waals surface area contributed by atoms with Crippen molar-refractivity contribution in [2.45, 2.75) is 12.1 Å². The number of nitriles is 1. The second-order valence-corrected chi connectivity index (χ2v) is 3.01. The summed E-state index contributed by atoms with van der Waals surface area (Å²) in [4.78, 5) is 17.0. The number of aliphatic imine (C=N–C) groups is 1. The Morgan fingerprint density at radius 2 is 2.54 bits per heavy atom. The van der Waals surface area contributed by atoms with Crippen LogP contribution >= 0.6 is 0 Å². The second kappa shape index (κ2) is 2.59. The summed E-state index contributed by atoms with van der Waals surface area (Å²) in [5, 5.41) is 11.6. The van der Waals surface area contributed by atoms with Crippen molar-refractivity contribution in [1.29, 1.82) is 5.26 Å². The van der Waals surface area contributed by atoms with Gasteiger partial charge in [0, 0.05) is 13.2 Å². The van der Waals surface area contributed by atoms with Crippen LogP contribution in [0.5, 0.6) is 0 Å². The van der Waals surface area contributed by atoms with Gasteiger partial charge in [-0.1, -0.05) is 0 Å². The molecule has 2 aliphatic heterocycles. The maximum atomic E-state index is 11.5. The predicted octanol–water partition coefficient (Wildman–Crippen LogP) is -0.765. The molecule has 2 aliphatic rings. The summed E-state index contributed by atoms with van der Waals surface area (Å²) in [6.07, 6.45) is 3.02. The molecule has 0 aromatic heterocycles. The Labute approximate surface area is 75.4 Å². The van der Waals surface area contributed by atoms with Gasteiger partial charge in [0.15, 0.2) is 0 Å². The number of amides is 1. The average Bonchev–Trinajstić information content (AvgIpc) is 2.55. The molecule has 2 unspecified atom stereocenters. The Bertz CT molecular complexity index is 352. The van der Waals surface area contributed by atoms with E-state index in [2.05, 4.69) is 10.3 Å². The van der Waals surface area contributed by atoms with Gasteiger partial charge in [0.25, 0.3) is 5.91 Å². The first-order chi connectivity index (χ1) is 6.24. The van der Waals surface area contributed by atoms with Crippen molar-refractivity contribution >= 4 is 12.2 Å². The van der Waals surface area contributed by atoms with Gasteiger partial charge < -0.3 is 10.2 Å². The maximum Gasteiger partial charge on any atom is 0.252 e. The molecule has 0 radical (unpaired) electrons. The van der Waals surface area contributed by atoms with Crippen molar-refractivity contribution in [1.82, 2.24) is 10.2 Å². The minimum atomic E-state index is -0.385. The molecule has 2 rings (SSSR count). The van der Waals surface area contributed by atoms with E-state index in [1.54, 1.807) is 13.2 Å². The van der Waals surface area contributed by atoms with Crippen LogP contribution in [0.3, 0.4) is 0 Å². The second-order valence-electron chi connectivity index (χ2n) is 3.01. The topological polar surface area (TPSA) is 68.5 Å². The molecule has 5 nitrogen and oxygen atoms in total. The molecule has 13 heavy (non-hydrogen) atoms. The Morgan fingerprint density at radius 1 is 1.77 bits per heavy atom. The fourth-order valence-electron chi connectivity index (χ4n) is 1.45. The summed E-state index contributed by atoms with van der Waals surface area (Å²) >= 11 is 0. The molecule has 0 saturated carbocycles. The van der Waals surface area contributed by atoms with E-state index in [0.29, 0.717) is 5.57 Å². The van der Waals surface area contributed by atoms with Crippen LogP contribution in [-0.2, 0) is 4.79 Å². The van der Waals surface area contributed by atoms with Gasteiger partial charge >= 0.3 is 0 Å². The number of likely N-dealkylation sites (N-methyl/N-ethyl adjacent to an activating group) is 1. The van der Waals surface area contributed by atoms with Gasteiger partial charge in [0.2, 0.25) is 0 Å². The number of fused-ring (bicyclic) bond motifs is 1. The lowest BCUT2D eigenvalue weighted by molar-refractivity contribution is -0.128. The number of carbonyl (C=O) groups is 1. The lowest BCUT2D eigenvalue weighted by Crippen LogP contribution is -2.49. The van der Waals surface area contributed by atoms with Crippen LogP contribution in [0.2, 0.25) is 0 Å². The third-order valence-corrected chi connectivity index (χ3v) is 2.20. The quantitative estimate of drug-likeness (QED) is 0.527. The van der Waals surface area contributed by atoms with Crippen LogP contribution in [-0.4, -0.2) is 36.3 Å². The van der Waals surface area contributed by atoms with Gasteiger partial charge in [-0.25, -0.2) is 0 Å². The number of nitrogens with one attached hydrogen (secondary N) is 1. The summed E-state index contributed by atoms with van der Waals surface area (Å²) in [7, 11) is 1.65. The van der Waals surface area contributed by atoms with Crippen LogP contribution < -0.4 is 5.32 Å². The van der Waals surface area contributed by atoms with Crippen LogP contribution in [0.15, 0.2) is 16.8 Å². The fraction of sp³-hybridized carbons (Fsp3) is 0.375. The van der Waals surface area contributed by atoms with E-state index in [4.69, 9.17) is 5.26 Å². The molecule has 0 fully saturated rings. The lowest BCUT2D eigenvalue weighted by Gasteiger charge is -2.25. The molecule has 5 heteroatoms. The van der Waals surface area contributed by atoms with Crippen molar-refractivity contribution in [3.8, 4) is 6.07 Å². The molecule has 66 valence electrons. The molecule has 0 aromatic rings. The molecular weight excluding hydrogens is 168 g/mol. The van der Waals surface area contributed by atoms with Crippen molar-refractivity contribution in [2.75, 3.05) is 7.05 Å². The van der Waals surface area contributed by atoms with E-state index >= 15 is 0 Å². The highest BCUT2D eigenvalue weighted by atomic mass is 16.2. The van der Waals surface area contributed by atoms with E-state index in [-0.39, 0.29) is 18.0 Å². The Morgan fingerprint density at radius 3 is 3.23 bits per heavy atom. The Kier molecular flexibility index (Phi) is 1.55.